The van der Waals surface area contributed by atoms with Crippen LogP contribution in [0.2, 0.25) is 0 Å². The molecule has 0 bridgehead atoms. The van der Waals surface area contributed by atoms with E-state index < -0.39 is 11.8 Å². The number of nitrogens with one attached hydrogen (secondary N) is 3. The molecule has 4 aliphatic rings. The fourth-order valence-electron chi connectivity index (χ4n) is 11.2. The maximum Gasteiger partial charge on any atom is 0.258 e. The second-order valence-corrected chi connectivity index (χ2v) is 25.7. The van der Waals surface area contributed by atoms with E-state index in [4.69, 9.17) is 14.2 Å². The van der Waals surface area contributed by atoms with Crippen LogP contribution in [0.1, 0.15) is 145 Å². The first kappa shape index (κ1) is 58.5. The molecule has 0 fully saturated rings. The van der Waals surface area contributed by atoms with Gasteiger partial charge in [0.05, 0.1) is 13.7 Å². The molecule has 17 heteroatoms. The first-order chi connectivity index (χ1) is 38.9. The van der Waals surface area contributed by atoms with Crippen LogP contribution in [0.3, 0.4) is 0 Å². The molecule has 5 aromatic rings. The summed E-state index contributed by atoms with van der Waals surface area (Å²) in [5.41, 5.74) is 10.1. The minimum Gasteiger partial charge on any atom is -0.493 e. The summed E-state index contributed by atoms with van der Waals surface area (Å²) in [4.78, 5) is 95.7. The Balaban J connectivity index is 0.823. The zero-order valence-electron chi connectivity index (χ0n) is 47.2. The number of hydrogen-bond acceptors (Lipinski definition) is 12. The Hall–Kier alpha value is -7.11. The fraction of sp³-hybridized carbons (Fsp3) is 0.422. The van der Waals surface area contributed by atoms with Crippen LogP contribution < -0.4 is 40.0 Å². The summed E-state index contributed by atoms with van der Waals surface area (Å²) in [6, 6.07) is 29.5. The van der Waals surface area contributed by atoms with Crippen molar-refractivity contribution in [3.05, 3.63) is 141 Å². The number of carbonyl (C=O) groups is 7. The minimum absolute atomic E-state index is 0.00106. The molecule has 0 radical (unpaired) electrons. The zero-order chi connectivity index (χ0) is 57.4. The first-order valence-corrected chi connectivity index (χ1v) is 30.4. The van der Waals surface area contributed by atoms with E-state index in [0.29, 0.717) is 65.3 Å². The van der Waals surface area contributed by atoms with E-state index in [1.54, 1.807) is 47.9 Å². The number of benzene rings is 5. The van der Waals surface area contributed by atoms with Crippen molar-refractivity contribution in [1.82, 2.24) is 10.6 Å². The Morgan fingerprint density at radius 1 is 0.654 bits per heavy atom. The molecule has 0 saturated carbocycles. The highest BCUT2D eigenvalue weighted by atomic mass is 33.1. The summed E-state index contributed by atoms with van der Waals surface area (Å²) in [7, 11) is 6.59. The zero-order valence-corrected chi connectivity index (χ0v) is 48.8. The van der Waals surface area contributed by atoms with Gasteiger partial charge in [-0.2, -0.15) is 0 Å². The highest BCUT2D eigenvalue weighted by molar-refractivity contribution is 8.77. The number of carbonyl (C=O) groups excluding carboxylic acids is 7. The molecular formula is C64H73N5O10S2. The summed E-state index contributed by atoms with van der Waals surface area (Å²) in [5.74, 6) is 0.320. The number of anilines is 3. The Morgan fingerprint density at radius 3 is 1.84 bits per heavy atom. The summed E-state index contributed by atoms with van der Waals surface area (Å²) in [5, 5.41) is 8.49. The van der Waals surface area contributed by atoms with Gasteiger partial charge in [-0.25, -0.2) is 0 Å². The van der Waals surface area contributed by atoms with Crippen molar-refractivity contribution in [2.75, 3.05) is 35.8 Å². The lowest BCUT2D eigenvalue weighted by atomic mass is 9.98. The van der Waals surface area contributed by atoms with Gasteiger partial charge in [-0.05, 0) is 166 Å². The van der Waals surface area contributed by atoms with Crippen LogP contribution in [0.25, 0.3) is 0 Å². The molecular weight excluding hydrogens is 1060 g/mol. The van der Waals surface area contributed by atoms with Gasteiger partial charge in [-0.15, -0.1) is 0 Å². The number of ketones is 2. The van der Waals surface area contributed by atoms with Gasteiger partial charge < -0.3 is 40.0 Å². The van der Waals surface area contributed by atoms with Crippen molar-refractivity contribution in [3.8, 4) is 17.2 Å². The van der Waals surface area contributed by atoms with Gasteiger partial charge in [0.25, 0.3) is 11.8 Å². The third-order valence-corrected chi connectivity index (χ3v) is 19.6. The highest BCUT2D eigenvalue weighted by Crippen LogP contribution is 2.44. The van der Waals surface area contributed by atoms with Gasteiger partial charge in [0, 0.05) is 95.8 Å². The number of rotatable bonds is 25. The summed E-state index contributed by atoms with van der Waals surface area (Å²) in [6.07, 6.45) is 6.64. The molecule has 0 spiro atoms. The molecule has 0 saturated heterocycles. The van der Waals surface area contributed by atoms with Crippen LogP contribution in [0.5, 0.6) is 17.2 Å². The molecule has 4 aliphatic heterocycles. The number of methoxy groups -OCH3 is 1. The SMILES string of the molecule is CNC(=O)CCC(C)SSC(C)(C)CCC(=O)CCC(=O)NCC(=O)CCC(=O)Nc1cc(COc2cc3c(cc2C)C(=O)N2c4ccccc4C[C@H]2CC3)cc(COc2cc3c(cc2OC)C(=O)N2c4ccccc4C[C@H]2CC3)c1. The molecule has 5 aromatic carbocycles. The van der Waals surface area contributed by atoms with E-state index in [2.05, 4.69) is 48.9 Å². The Kier molecular flexibility index (Phi) is 18.9. The minimum atomic E-state index is -0.409. The number of fused-ring (bicyclic) bond motifs is 8. The van der Waals surface area contributed by atoms with Crippen molar-refractivity contribution in [2.24, 2.45) is 0 Å². The average Bonchev–Trinajstić information content (AvgIpc) is 3.74. The molecule has 3 atom stereocenters. The molecule has 0 aliphatic carbocycles. The van der Waals surface area contributed by atoms with Gasteiger partial charge in [-0.3, -0.25) is 33.6 Å². The van der Waals surface area contributed by atoms with Crippen molar-refractivity contribution in [3.63, 3.8) is 0 Å². The van der Waals surface area contributed by atoms with Crippen LogP contribution in [0.4, 0.5) is 17.1 Å². The van der Waals surface area contributed by atoms with E-state index in [-0.39, 0.29) is 96.8 Å². The van der Waals surface area contributed by atoms with Crippen molar-refractivity contribution >= 4 is 79.8 Å². The standard InChI is InChI=1S/C64H73N5O10S2/c1-39-27-52-43(16-18-48-31-45-11-7-9-13-54(45)68(48)62(52)75)33-56(39)78-37-41-28-42(38-79-58-34-44-17-19-49-32-46-12-8-10-14-55(46)69(49)63(76)53(44)35-57(58)77-6)30-47(29-41)67-61(74)24-21-51(71)36-66-60(73)23-20-50(70)25-26-64(3,4)81-80-40(2)15-22-59(72)65-5/h7-14,27-30,33-35,40,48-49H,15-26,31-32,36-38H2,1-6H3,(H,65,72)(H,66,73)(H,67,74)/t40?,48-,49-/m1/s1. The van der Waals surface area contributed by atoms with Crippen LogP contribution in [-0.4, -0.2) is 83.9 Å². The summed E-state index contributed by atoms with van der Waals surface area (Å²) < 4.78 is 18.7. The number of ether oxygens (including phenoxy) is 3. The Labute approximate surface area is 482 Å². The third-order valence-electron chi connectivity index (χ3n) is 15.7. The number of para-hydroxylation sites is 2. The normalized spacial score (nSPS) is 16.3. The van der Waals surface area contributed by atoms with E-state index >= 15 is 0 Å². The summed E-state index contributed by atoms with van der Waals surface area (Å²) >= 11 is 0. The quantitative estimate of drug-likeness (QED) is 0.0470. The predicted octanol–water partition coefficient (Wildman–Crippen LogP) is 10.8. The van der Waals surface area contributed by atoms with E-state index in [9.17, 15) is 33.6 Å². The van der Waals surface area contributed by atoms with Crippen LogP contribution in [0.15, 0.2) is 91.0 Å². The molecule has 81 heavy (non-hydrogen) atoms. The number of hydrogen-bond donors (Lipinski definition) is 3. The first-order valence-electron chi connectivity index (χ1n) is 28.2. The van der Waals surface area contributed by atoms with Crippen LogP contribution >= 0.6 is 21.6 Å². The van der Waals surface area contributed by atoms with E-state index in [0.717, 1.165) is 72.2 Å². The molecule has 0 aromatic heterocycles. The molecule has 9 rings (SSSR count). The Bertz CT molecular complexity index is 3230. The second kappa shape index (κ2) is 26.2. The van der Waals surface area contributed by atoms with E-state index in [1.165, 1.54) is 11.1 Å². The lowest BCUT2D eigenvalue weighted by Crippen LogP contribution is -2.36. The highest BCUT2D eigenvalue weighted by Gasteiger charge is 2.39. The number of nitrogens with zero attached hydrogens (tertiary/aromatic N) is 2. The van der Waals surface area contributed by atoms with Gasteiger partial charge in [0.15, 0.2) is 17.3 Å². The summed E-state index contributed by atoms with van der Waals surface area (Å²) in [6.45, 7) is 8.11. The Morgan fingerprint density at radius 2 is 1.22 bits per heavy atom. The monoisotopic (exact) mass is 1140 g/mol. The molecule has 1 unspecified atom stereocenters. The topological polar surface area (TPSA) is 190 Å². The molecule has 4 heterocycles. The number of Topliss-reactive ketones (excluding diaryl/α,β-unsaturated/α-hetero) is 2. The average molecular weight is 1140 g/mol. The van der Waals surface area contributed by atoms with Gasteiger partial charge in [0.2, 0.25) is 17.7 Å². The lowest BCUT2D eigenvalue weighted by molar-refractivity contribution is -0.127. The van der Waals surface area contributed by atoms with Crippen LogP contribution in [0, 0.1) is 6.92 Å². The third kappa shape index (κ3) is 14.5. The fourth-order valence-corrected chi connectivity index (χ4v) is 13.8. The van der Waals surface area contributed by atoms with Gasteiger partial charge in [-0.1, -0.05) is 64.9 Å². The smallest absolute Gasteiger partial charge is 0.258 e. The van der Waals surface area contributed by atoms with Crippen molar-refractivity contribution < 1.29 is 47.8 Å². The molecule has 5 amide bonds. The van der Waals surface area contributed by atoms with Crippen molar-refractivity contribution in [1.29, 1.82) is 0 Å². The number of aryl methyl sites for hydroxylation is 3. The van der Waals surface area contributed by atoms with Crippen LogP contribution in [-0.2, 0) is 62.9 Å². The molecule has 15 nitrogen and oxygen atoms in total. The largest absolute Gasteiger partial charge is 0.493 e. The van der Waals surface area contributed by atoms with E-state index in [1.807, 2.05) is 83.5 Å². The second-order valence-electron chi connectivity index (χ2n) is 22.3. The van der Waals surface area contributed by atoms with Gasteiger partial charge >= 0.3 is 0 Å². The number of amides is 5. The van der Waals surface area contributed by atoms with Crippen molar-refractivity contribution in [2.45, 2.75) is 153 Å². The lowest BCUT2D eigenvalue weighted by Gasteiger charge is -2.24. The molecule has 3 N–H and O–H groups in total. The van der Waals surface area contributed by atoms with Gasteiger partial charge in [0.1, 0.15) is 24.7 Å². The predicted molar refractivity (Wildman–Crippen MR) is 319 cm³/mol. The molecule has 426 valence electrons. The maximum absolute atomic E-state index is 14.2. The maximum atomic E-state index is 14.2.